The van der Waals surface area contributed by atoms with Crippen LogP contribution < -0.4 is 11.1 Å². The average Bonchev–Trinajstić information content (AvgIpc) is 3.18. The smallest absolute Gasteiger partial charge is 0.287 e. The lowest BCUT2D eigenvalue weighted by Gasteiger charge is -2.16. The molecule has 1 atom stereocenters. The van der Waals surface area contributed by atoms with Gasteiger partial charge in [0, 0.05) is 12.0 Å². The van der Waals surface area contributed by atoms with Crippen molar-refractivity contribution < 1.29 is 14.4 Å². The highest BCUT2D eigenvalue weighted by Gasteiger charge is 2.28. The molecule has 0 aliphatic rings. The second kappa shape index (κ2) is 8.33. The van der Waals surface area contributed by atoms with Gasteiger partial charge < -0.3 is 11.1 Å². The van der Waals surface area contributed by atoms with E-state index in [-0.39, 0.29) is 12.1 Å². The quantitative estimate of drug-likeness (QED) is 0.604. The lowest BCUT2D eigenvalue weighted by molar-refractivity contribution is -0.137. The molecule has 0 radical (unpaired) electrons. The van der Waals surface area contributed by atoms with E-state index in [4.69, 9.17) is 5.73 Å². The van der Waals surface area contributed by atoms with Crippen LogP contribution in [0.4, 0.5) is 0 Å². The van der Waals surface area contributed by atoms with E-state index in [2.05, 4.69) is 14.1 Å². The molecule has 3 N–H and O–H groups in total. The minimum atomic E-state index is -1.10. The number of aromatic nitrogens is 2. The number of Topliss-reactive ketones (excluding diaryl/α,β-unsaturated/α-hetero) is 1. The summed E-state index contributed by atoms with van der Waals surface area (Å²) in [5.41, 5.74) is 7.18. The summed E-state index contributed by atoms with van der Waals surface area (Å²) in [6.45, 7) is 0. The van der Waals surface area contributed by atoms with Crippen LogP contribution in [0.2, 0.25) is 0 Å². The molecular formula is C19H16N4O3S. The molecule has 0 saturated heterocycles. The standard InChI is InChI=1S/C19H16N4O3S/c20-18(25)17(24)14(11-12-7-3-1-4-8-12)21-19(26)16-15(22-27-23-16)13-9-5-2-6-10-13/h1-10,14H,11H2,(H2,20,25)(H,21,26). The van der Waals surface area contributed by atoms with Gasteiger partial charge in [-0.3, -0.25) is 14.4 Å². The Balaban J connectivity index is 1.84. The van der Waals surface area contributed by atoms with Gasteiger partial charge in [0.25, 0.3) is 11.8 Å². The van der Waals surface area contributed by atoms with Gasteiger partial charge >= 0.3 is 0 Å². The van der Waals surface area contributed by atoms with Crippen molar-refractivity contribution in [3.63, 3.8) is 0 Å². The number of primary amides is 1. The van der Waals surface area contributed by atoms with Crippen LogP contribution in [0.3, 0.4) is 0 Å². The normalized spacial score (nSPS) is 11.6. The number of hydrogen-bond acceptors (Lipinski definition) is 6. The number of nitrogens with one attached hydrogen (secondary N) is 1. The Morgan fingerprint density at radius 3 is 2.22 bits per heavy atom. The largest absolute Gasteiger partial charge is 0.363 e. The monoisotopic (exact) mass is 380 g/mol. The lowest BCUT2D eigenvalue weighted by atomic mass is 10.0. The van der Waals surface area contributed by atoms with Crippen LogP contribution in [0.5, 0.6) is 0 Å². The summed E-state index contributed by atoms with van der Waals surface area (Å²) < 4.78 is 8.22. The van der Waals surface area contributed by atoms with E-state index in [0.29, 0.717) is 5.69 Å². The van der Waals surface area contributed by atoms with E-state index < -0.39 is 23.6 Å². The first-order chi connectivity index (χ1) is 13.1. The number of rotatable bonds is 7. The molecule has 0 bridgehead atoms. The maximum Gasteiger partial charge on any atom is 0.287 e. The Bertz CT molecular complexity index is 957. The first-order valence-electron chi connectivity index (χ1n) is 8.12. The van der Waals surface area contributed by atoms with Gasteiger partial charge in [-0.2, -0.15) is 8.75 Å². The third kappa shape index (κ3) is 4.42. The van der Waals surface area contributed by atoms with E-state index in [0.717, 1.165) is 22.9 Å². The van der Waals surface area contributed by atoms with Crippen molar-refractivity contribution in [1.82, 2.24) is 14.1 Å². The van der Waals surface area contributed by atoms with Gasteiger partial charge in [0.1, 0.15) is 11.7 Å². The van der Waals surface area contributed by atoms with E-state index in [1.165, 1.54) is 0 Å². The molecule has 2 amide bonds. The van der Waals surface area contributed by atoms with Crippen LogP contribution in [-0.2, 0) is 16.0 Å². The van der Waals surface area contributed by atoms with Crippen LogP contribution in [0.25, 0.3) is 11.3 Å². The number of ketones is 1. The molecule has 0 aliphatic carbocycles. The summed E-state index contributed by atoms with van der Waals surface area (Å²) in [5, 5.41) is 2.57. The number of benzene rings is 2. The zero-order valence-electron chi connectivity index (χ0n) is 14.2. The van der Waals surface area contributed by atoms with Crippen molar-refractivity contribution in [3.05, 3.63) is 71.9 Å². The van der Waals surface area contributed by atoms with E-state index >= 15 is 0 Å². The highest BCUT2D eigenvalue weighted by atomic mass is 32.1. The molecule has 27 heavy (non-hydrogen) atoms. The van der Waals surface area contributed by atoms with Gasteiger partial charge in [0.15, 0.2) is 5.69 Å². The predicted molar refractivity (Wildman–Crippen MR) is 101 cm³/mol. The molecular weight excluding hydrogens is 364 g/mol. The molecule has 3 rings (SSSR count). The second-order valence-corrected chi connectivity index (χ2v) is 6.30. The van der Waals surface area contributed by atoms with Crippen molar-refractivity contribution in [3.8, 4) is 11.3 Å². The van der Waals surface area contributed by atoms with Crippen molar-refractivity contribution in [2.75, 3.05) is 0 Å². The predicted octanol–water partition coefficient (Wildman–Crippen LogP) is 1.60. The maximum atomic E-state index is 12.7. The molecule has 1 heterocycles. The average molecular weight is 380 g/mol. The summed E-state index contributed by atoms with van der Waals surface area (Å²) >= 11 is 0.898. The Kier molecular flexibility index (Phi) is 5.68. The van der Waals surface area contributed by atoms with Crippen LogP contribution >= 0.6 is 11.7 Å². The molecule has 0 saturated carbocycles. The van der Waals surface area contributed by atoms with Crippen molar-refractivity contribution in [2.24, 2.45) is 5.73 Å². The third-order valence-corrected chi connectivity index (χ3v) is 4.43. The zero-order valence-corrected chi connectivity index (χ0v) is 15.0. The summed E-state index contributed by atoms with van der Waals surface area (Å²) in [6.07, 6.45) is 0.145. The summed E-state index contributed by atoms with van der Waals surface area (Å²) in [6, 6.07) is 17.1. The lowest BCUT2D eigenvalue weighted by Crippen LogP contribution is -2.47. The highest BCUT2D eigenvalue weighted by molar-refractivity contribution is 6.99. The molecule has 0 fully saturated rings. The minimum Gasteiger partial charge on any atom is -0.363 e. The van der Waals surface area contributed by atoms with E-state index in [1.807, 2.05) is 36.4 Å². The Morgan fingerprint density at radius 2 is 1.59 bits per heavy atom. The maximum absolute atomic E-state index is 12.7. The van der Waals surface area contributed by atoms with Crippen molar-refractivity contribution >= 4 is 29.3 Å². The number of amides is 2. The van der Waals surface area contributed by atoms with Gasteiger partial charge in [-0.1, -0.05) is 60.7 Å². The first-order valence-corrected chi connectivity index (χ1v) is 8.85. The molecule has 0 spiro atoms. The fourth-order valence-corrected chi connectivity index (χ4v) is 3.15. The molecule has 0 aliphatic heterocycles. The van der Waals surface area contributed by atoms with Crippen molar-refractivity contribution in [2.45, 2.75) is 12.5 Å². The molecule has 1 aromatic heterocycles. The number of hydrogen-bond donors (Lipinski definition) is 2. The highest BCUT2D eigenvalue weighted by Crippen LogP contribution is 2.21. The van der Waals surface area contributed by atoms with Crippen LogP contribution in [0, 0.1) is 0 Å². The van der Waals surface area contributed by atoms with Gasteiger partial charge in [-0.05, 0) is 5.56 Å². The topological polar surface area (TPSA) is 115 Å². The summed E-state index contributed by atoms with van der Waals surface area (Å²) in [4.78, 5) is 36.3. The zero-order chi connectivity index (χ0) is 19.2. The molecule has 7 nitrogen and oxygen atoms in total. The van der Waals surface area contributed by atoms with Gasteiger partial charge in [-0.15, -0.1) is 0 Å². The number of carbonyl (C=O) groups excluding carboxylic acids is 3. The Morgan fingerprint density at radius 1 is 0.963 bits per heavy atom. The summed E-state index contributed by atoms with van der Waals surface area (Å²) in [7, 11) is 0. The summed E-state index contributed by atoms with van der Waals surface area (Å²) in [5.74, 6) is -2.55. The Hall–Kier alpha value is -3.39. The molecule has 3 aromatic rings. The van der Waals surface area contributed by atoms with Crippen LogP contribution in [0.15, 0.2) is 60.7 Å². The molecule has 8 heteroatoms. The fourth-order valence-electron chi connectivity index (χ4n) is 2.58. The van der Waals surface area contributed by atoms with Crippen LogP contribution in [-0.4, -0.2) is 32.4 Å². The minimum absolute atomic E-state index is 0.0986. The van der Waals surface area contributed by atoms with Crippen molar-refractivity contribution in [1.29, 1.82) is 0 Å². The Labute approximate surface area is 159 Å². The SMILES string of the molecule is NC(=O)C(=O)C(Cc1ccccc1)NC(=O)c1nsnc1-c1ccccc1. The second-order valence-electron chi connectivity index (χ2n) is 5.77. The van der Waals surface area contributed by atoms with E-state index in [1.54, 1.807) is 24.3 Å². The number of nitrogens with zero attached hydrogens (tertiary/aromatic N) is 2. The molecule has 2 aromatic carbocycles. The van der Waals surface area contributed by atoms with Gasteiger partial charge in [0.2, 0.25) is 5.78 Å². The molecule has 1 unspecified atom stereocenters. The fraction of sp³-hybridized carbons (Fsp3) is 0.105. The third-order valence-electron chi connectivity index (χ3n) is 3.90. The number of carbonyl (C=O) groups is 3. The molecule has 136 valence electrons. The first kappa shape index (κ1) is 18.4. The number of nitrogens with two attached hydrogens (primary N) is 1. The van der Waals surface area contributed by atoms with Gasteiger partial charge in [0.05, 0.1) is 11.7 Å². The van der Waals surface area contributed by atoms with Gasteiger partial charge in [-0.25, -0.2) is 0 Å². The van der Waals surface area contributed by atoms with E-state index in [9.17, 15) is 14.4 Å². The van der Waals surface area contributed by atoms with Crippen LogP contribution in [0.1, 0.15) is 16.1 Å².